The molecule has 0 unspecified atom stereocenters. The van der Waals surface area contributed by atoms with Crippen LogP contribution >= 0.6 is 0 Å². The van der Waals surface area contributed by atoms with Gasteiger partial charge in [0.1, 0.15) is 5.75 Å². The molecular weight excluding hydrogens is 302 g/mol. The van der Waals surface area contributed by atoms with Crippen molar-refractivity contribution < 1.29 is 14.3 Å². The van der Waals surface area contributed by atoms with E-state index in [0.717, 1.165) is 17.0 Å². The topological polar surface area (TPSA) is 47.6 Å². The normalized spacial score (nSPS) is 11.0. The SMILES string of the molecule is CCOC(=O)[C@H](C#Cc1ccc(C)cc1)Nc1ccc(OC)cc1. The number of nitrogens with one attached hydrogen (secondary N) is 1. The monoisotopic (exact) mass is 323 g/mol. The molecule has 1 N–H and O–H groups in total. The van der Waals surface area contributed by atoms with Gasteiger partial charge in [0.05, 0.1) is 13.7 Å². The molecule has 4 heteroatoms. The van der Waals surface area contributed by atoms with E-state index in [1.807, 2.05) is 55.5 Å². The van der Waals surface area contributed by atoms with Gasteiger partial charge in [0.15, 0.2) is 6.04 Å². The van der Waals surface area contributed by atoms with Crippen LogP contribution in [0.2, 0.25) is 0 Å². The molecule has 0 amide bonds. The zero-order valence-electron chi connectivity index (χ0n) is 14.1. The molecule has 0 radical (unpaired) electrons. The standard InChI is InChI=1S/C20H21NO3/c1-4-24-20(22)19(14-9-16-7-5-15(2)6-8-16)21-17-10-12-18(23-3)13-11-17/h5-8,10-13,19,21H,4H2,1-3H3/t19-/m0/s1. The fourth-order valence-corrected chi connectivity index (χ4v) is 2.03. The van der Waals surface area contributed by atoms with Gasteiger partial charge in [-0.15, -0.1) is 0 Å². The summed E-state index contributed by atoms with van der Waals surface area (Å²) in [4.78, 5) is 12.1. The summed E-state index contributed by atoms with van der Waals surface area (Å²) in [5.41, 5.74) is 2.79. The number of anilines is 1. The number of hydrogen-bond donors (Lipinski definition) is 1. The summed E-state index contributed by atoms with van der Waals surface area (Å²) in [5.74, 6) is 6.32. The first-order valence-electron chi connectivity index (χ1n) is 7.78. The Labute approximate surface area is 142 Å². The van der Waals surface area contributed by atoms with Crippen LogP contribution in [0.15, 0.2) is 48.5 Å². The van der Waals surface area contributed by atoms with Gasteiger partial charge in [0.2, 0.25) is 0 Å². The summed E-state index contributed by atoms with van der Waals surface area (Å²) in [5, 5.41) is 3.09. The third-order valence-electron chi connectivity index (χ3n) is 3.34. The fraction of sp³-hybridized carbons (Fsp3) is 0.250. The van der Waals surface area contributed by atoms with Gasteiger partial charge in [-0.1, -0.05) is 29.5 Å². The Morgan fingerprint density at radius 3 is 2.38 bits per heavy atom. The molecule has 1 atom stereocenters. The summed E-state index contributed by atoms with van der Waals surface area (Å²) in [6.45, 7) is 4.10. The average Bonchev–Trinajstić information content (AvgIpc) is 2.60. The van der Waals surface area contributed by atoms with E-state index in [1.165, 1.54) is 5.56 Å². The summed E-state index contributed by atoms with van der Waals surface area (Å²) in [7, 11) is 1.61. The molecule has 0 fully saturated rings. The lowest BCUT2D eigenvalue weighted by Crippen LogP contribution is -2.30. The predicted octanol–water partition coefficient (Wildman–Crippen LogP) is 3.40. The summed E-state index contributed by atoms with van der Waals surface area (Å²) < 4.78 is 10.2. The van der Waals surface area contributed by atoms with Crippen LogP contribution in [0.25, 0.3) is 0 Å². The Bertz CT molecular complexity index is 724. The van der Waals surface area contributed by atoms with E-state index in [2.05, 4.69) is 17.2 Å². The molecule has 0 aliphatic rings. The Kier molecular flexibility index (Phi) is 6.27. The number of benzene rings is 2. The second-order valence-electron chi connectivity index (χ2n) is 5.19. The van der Waals surface area contributed by atoms with E-state index >= 15 is 0 Å². The first-order valence-corrected chi connectivity index (χ1v) is 7.78. The van der Waals surface area contributed by atoms with Crippen molar-refractivity contribution in [3.8, 4) is 17.6 Å². The number of esters is 1. The van der Waals surface area contributed by atoms with Crippen LogP contribution < -0.4 is 10.1 Å². The predicted molar refractivity (Wildman–Crippen MR) is 95.1 cm³/mol. The zero-order chi connectivity index (χ0) is 17.4. The van der Waals surface area contributed by atoms with E-state index < -0.39 is 12.0 Å². The van der Waals surface area contributed by atoms with Gasteiger partial charge < -0.3 is 14.8 Å². The molecule has 0 aliphatic heterocycles. The van der Waals surface area contributed by atoms with Gasteiger partial charge in [-0.05, 0) is 50.2 Å². The van der Waals surface area contributed by atoms with Gasteiger partial charge in [-0.25, -0.2) is 4.79 Å². The molecule has 0 heterocycles. The van der Waals surface area contributed by atoms with Gasteiger partial charge in [0, 0.05) is 11.3 Å². The van der Waals surface area contributed by atoms with E-state index in [-0.39, 0.29) is 0 Å². The zero-order valence-corrected chi connectivity index (χ0v) is 14.1. The van der Waals surface area contributed by atoms with E-state index in [4.69, 9.17) is 9.47 Å². The number of aryl methyl sites for hydroxylation is 1. The first-order chi connectivity index (χ1) is 11.6. The lowest BCUT2D eigenvalue weighted by molar-refractivity contribution is -0.142. The Morgan fingerprint density at radius 1 is 1.12 bits per heavy atom. The molecule has 0 saturated carbocycles. The van der Waals surface area contributed by atoms with Gasteiger partial charge >= 0.3 is 5.97 Å². The van der Waals surface area contributed by atoms with E-state index in [1.54, 1.807) is 14.0 Å². The second kappa shape index (κ2) is 8.64. The smallest absolute Gasteiger partial charge is 0.341 e. The molecule has 4 nitrogen and oxygen atoms in total. The largest absolute Gasteiger partial charge is 0.497 e. The fourth-order valence-electron chi connectivity index (χ4n) is 2.03. The highest BCUT2D eigenvalue weighted by Gasteiger charge is 2.17. The number of hydrogen-bond acceptors (Lipinski definition) is 4. The average molecular weight is 323 g/mol. The lowest BCUT2D eigenvalue weighted by Gasteiger charge is -2.13. The maximum absolute atomic E-state index is 12.1. The molecule has 124 valence electrons. The minimum atomic E-state index is -0.736. The first kappa shape index (κ1) is 17.4. The van der Waals surface area contributed by atoms with Crippen molar-refractivity contribution in [2.45, 2.75) is 19.9 Å². The van der Waals surface area contributed by atoms with Gasteiger partial charge in [0.25, 0.3) is 0 Å². The second-order valence-corrected chi connectivity index (χ2v) is 5.19. The molecule has 0 saturated heterocycles. The minimum Gasteiger partial charge on any atom is -0.497 e. The van der Waals surface area contributed by atoms with Crippen LogP contribution in [0.4, 0.5) is 5.69 Å². The molecule has 2 rings (SSSR count). The number of rotatable bonds is 5. The minimum absolute atomic E-state index is 0.311. The Morgan fingerprint density at radius 2 is 1.79 bits per heavy atom. The Balaban J connectivity index is 2.18. The van der Waals surface area contributed by atoms with Crippen molar-refractivity contribution in [2.24, 2.45) is 0 Å². The highest BCUT2D eigenvalue weighted by molar-refractivity contribution is 5.83. The molecule has 0 aromatic heterocycles. The van der Waals surface area contributed by atoms with Crippen molar-refractivity contribution in [3.63, 3.8) is 0 Å². The van der Waals surface area contributed by atoms with Crippen molar-refractivity contribution in [1.82, 2.24) is 0 Å². The molecular formula is C20H21NO3. The molecule has 0 aliphatic carbocycles. The molecule has 2 aromatic carbocycles. The van der Waals surface area contributed by atoms with Crippen LogP contribution in [0.5, 0.6) is 5.75 Å². The molecule has 24 heavy (non-hydrogen) atoms. The number of carbonyl (C=O) groups is 1. The summed E-state index contributed by atoms with van der Waals surface area (Å²) >= 11 is 0. The number of carbonyl (C=O) groups excluding carboxylic acids is 1. The van der Waals surface area contributed by atoms with Crippen molar-refractivity contribution in [1.29, 1.82) is 0 Å². The molecule has 2 aromatic rings. The van der Waals surface area contributed by atoms with Crippen LogP contribution in [-0.2, 0) is 9.53 Å². The van der Waals surface area contributed by atoms with Crippen molar-refractivity contribution in [3.05, 3.63) is 59.7 Å². The molecule has 0 spiro atoms. The van der Waals surface area contributed by atoms with Gasteiger partial charge in [-0.3, -0.25) is 0 Å². The van der Waals surface area contributed by atoms with Crippen LogP contribution in [-0.4, -0.2) is 25.7 Å². The third-order valence-corrected chi connectivity index (χ3v) is 3.34. The van der Waals surface area contributed by atoms with E-state index in [9.17, 15) is 4.79 Å². The van der Waals surface area contributed by atoms with Crippen molar-refractivity contribution in [2.75, 3.05) is 19.0 Å². The summed E-state index contributed by atoms with van der Waals surface area (Å²) in [6, 6.07) is 14.4. The maximum Gasteiger partial charge on any atom is 0.341 e. The number of methoxy groups -OCH3 is 1. The quantitative estimate of drug-likeness (QED) is 0.677. The lowest BCUT2D eigenvalue weighted by atomic mass is 10.1. The van der Waals surface area contributed by atoms with Crippen molar-refractivity contribution >= 4 is 11.7 Å². The van der Waals surface area contributed by atoms with Crippen LogP contribution in [0, 0.1) is 18.8 Å². The third kappa shape index (κ3) is 5.06. The Hall–Kier alpha value is -2.93. The van der Waals surface area contributed by atoms with Gasteiger partial charge in [-0.2, -0.15) is 0 Å². The highest BCUT2D eigenvalue weighted by atomic mass is 16.5. The van der Waals surface area contributed by atoms with Crippen LogP contribution in [0.1, 0.15) is 18.1 Å². The highest BCUT2D eigenvalue weighted by Crippen LogP contribution is 2.16. The van der Waals surface area contributed by atoms with E-state index in [0.29, 0.717) is 6.61 Å². The maximum atomic E-state index is 12.1. The summed E-state index contributed by atoms with van der Waals surface area (Å²) in [6.07, 6.45) is 0. The number of ether oxygens (including phenoxy) is 2. The van der Waals surface area contributed by atoms with Crippen LogP contribution in [0.3, 0.4) is 0 Å². The molecule has 0 bridgehead atoms.